The summed E-state index contributed by atoms with van der Waals surface area (Å²) in [5.41, 5.74) is 3.63. The first-order chi connectivity index (χ1) is 19.8. The van der Waals surface area contributed by atoms with Gasteiger partial charge in [0.2, 0.25) is 5.91 Å². The Kier molecular flexibility index (Phi) is 6.25. The van der Waals surface area contributed by atoms with Crippen LogP contribution in [0.25, 0.3) is 6.08 Å². The van der Waals surface area contributed by atoms with E-state index in [0.717, 1.165) is 54.6 Å². The molecule has 0 unspecified atom stereocenters. The second kappa shape index (κ2) is 9.74. The maximum atomic E-state index is 13.7. The normalized spacial score (nSPS) is 29.7. The van der Waals surface area contributed by atoms with Crippen molar-refractivity contribution in [3.8, 4) is 11.5 Å². The van der Waals surface area contributed by atoms with Crippen LogP contribution < -0.4 is 4.74 Å². The standard InChI is InChI=1S/C35H38N2O4/c1-23-7-6-10-25(21-23)11-16-31(39)36(2)28-14-15-30-34-18-20-37(19-17-24-8-4-3-5-9-24)29(35(28,34)40)22-26-12-13-27(38)33(41-30)32(26)34/h3-13,16,21,28-30,38,40H,14-15,17-20,22H2,1-2H3/t28-,29+,30-,34+,35+/m0/s1. The van der Waals surface area contributed by atoms with Gasteiger partial charge in [-0.1, -0.05) is 66.2 Å². The molecular weight excluding hydrogens is 512 g/mol. The lowest BCUT2D eigenvalue weighted by Crippen LogP contribution is -2.81. The number of hydrogen-bond donors (Lipinski definition) is 2. The van der Waals surface area contributed by atoms with Crippen LogP contribution in [0.4, 0.5) is 0 Å². The van der Waals surface area contributed by atoms with Crippen molar-refractivity contribution < 1.29 is 19.7 Å². The van der Waals surface area contributed by atoms with Crippen molar-refractivity contribution in [2.75, 3.05) is 20.1 Å². The average Bonchev–Trinajstić information content (AvgIpc) is 3.32. The van der Waals surface area contributed by atoms with Crippen LogP contribution in [-0.2, 0) is 23.1 Å². The molecule has 2 N–H and O–H groups in total. The Labute approximate surface area is 241 Å². The van der Waals surface area contributed by atoms with Crippen LogP contribution in [0.5, 0.6) is 11.5 Å². The molecule has 3 aromatic rings. The van der Waals surface area contributed by atoms with E-state index in [1.807, 2.05) is 50.4 Å². The molecule has 212 valence electrons. The van der Waals surface area contributed by atoms with Gasteiger partial charge in [-0.2, -0.15) is 0 Å². The van der Waals surface area contributed by atoms with E-state index in [1.165, 1.54) is 5.56 Å². The summed E-state index contributed by atoms with van der Waals surface area (Å²) in [6.45, 7) is 3.71. The molecule has 1 spiro atoms. The molecule has 3 aromatic carbocycles. The molecule has 4 aliphatic rings. The van der Waals surface area contributed by atoms with Crippen LogP contribution in [0.3, 0.4) is 0 Å². The minimum atomic E-state index is -1.22. The fourth-order valence-corrected chi connectivity index (χ4v) is 8.52. The molecule has 0 radical (unpaired) electrons. The van der Waals surface area contributed by atoms with Gasteiger partial charge in [-0.05, 0) is 74.4 Å². The van der Waals surface area contributed by atoms with Crippen molar-refractivity contribution in [1.82, 2.24) is 9.80 Å². The van der Waals surface area contributed by atoms with E-state index < -0.39 is 11.0 Å². The summed E-state index contributed by atoms with van der Waals surface area (Å²) in [5, 5.41) is 24.1. The van der Waals surface area contributed by atoms with Crippen LogP contribution in [0.15, 0.2) is 72.8 Å². The van der Waals surface area contributed by atoms with Crippen LogP contribution in [0.1, 0.15) is 47.1 Å². The molecule has 5 atom stereocenters. The van der Waals surface area contributed by atoms with Crippen molar-refractivity contribution >= 4 is 12.0 Å². The van der Waals surface area contributed by atoms with Crippen LogP contribution in [0, 0.1) is 6.92 Å². The van der Waals surface area contributed by atoms with E-state index in [-0.39, 0.29) is 29.8 Å². The zero-order chi connectivity index (χ0) is 28.4. The molecule has 1 saturated carbocycles. The number of benzene rings is 3. The lowest BCUT2D eigenvalue weighted by atomic mass is 9.47. The van der Waals surface area contributed by atoms with Gasteiger partial charge in [0, 0.05) is 31.3 Å². The van der Waals surface area contributed by atoms with Crippen molar-refractivity contribution in [2.45, 2.75) is 68.2 Å². The minimum Gasteiger partial charge on any atom is -0.504 e. The molecule has 1 amide bonds. The molecule has 2 aliphatic carbocycles. The molecule has 2 fully saturated rings. The van der Waals surface area contributed by atoms with Crippen molar-refractivity contribution in [3.63, 3.8) is 0 Å². The number of aryl methyl sites for hydroxylation is 1. The summed E-state index contributed by atoms with van der Waals surface area (Å²) in [6.07, 6.45) is 6.89. The van der Waals surface area contributed by atoms with Crippen molar-refractivity contribution in [3.05, 3.63) is 101 Å². The van der Waals surface area contributed by atoms with Crippen LogP contribution in [-0.4, -0.2) is 69.8 Å². The summed E-state index contributed by atoms with van der Waals surface area (Å²) in [4.78, 5) is 17.9. The van der Waals surface area contributed by atoms with E-state index in [1.54, 1.807) is 17.0 Å². The summed E-state index contributed by atoms with van der Waals surface area (Å²) >= 11 is 0. The van der Waals surface area contributed by atoms with Gasteiger partial charge in [0.15, 0.2) is 11.5 Å². The Bertz CT molecular complexity index is 1520. The van der Waals surface area contributed by atoms with E-state index in [0.29, 0.717) is 18.6 Å². The first-order valence-corrected chi connectivity index (χ1v) is 14.9. The third-order valence-corrected chi connectivity index (χ3v) is 10.4. The van der Waals surface area contributed by atoms with Crippen LogP contribution in [0.2, 0.25) is 0 Å². The number of rotatable bonds is 6. The van der Waals surface area contributed by atoms with E-state index >= 15 is 0 Å². The highest BCUT2D eigenvalue weighted by Gasteiger charge is 2.74. The number of hydrogen-bond acceptors (Lipinski definition) is 5. The molecule has 6 heteroatoms. The number of likely N-dealkylation sites (tertiary alicyclic amines) is 1. The quantitative estimate of drug-likeness (QED) is 0.438. The summed E-state index contributed by atoms with van der Waals surface area (Å²) in [7, 11) is 1.83. The summed E-state index contributed by atoms with van der Waals surface area (Å²) < 4.78 is 6.50. The fraction of sp³-hybridized carbons (Fsp3) is 0.400. The topological polar surface area (TPSA) is 73.2 Å². The molecule has 1 saturated heterocycles. The molecule has 2 bridgehead atoms. The zero-order valence-corrected chi connectivity index (χ0v) is 23.8. The lowest BCUT2D eigenvalue weighted by molar-refractivity contribution is -0.216. The summed E-state index contributed by atoms with van der Waals surface area (Å²) in [5.74, 6) is 0.563. The Morgan fingerprint density at radius 3 is 2.76 bits per heavy atom. The number of carbonyl (C=O) groups is 1. The Hall–Kier alpha value is -3.61. The predicted molar refractivity (Wildman–Crippen MR) is 159 cm³/mol. The predicted octanol–water partition coefficient (Wildman–Crippen LogP) is 4.64. The molecule has 7 rings (SSSR count). The summed E-state index contributed by atoms with van der Waals surface area (Å²) in [6, 6.07) is 21.8. The zero-order valence-electron chi connectivity index (χ0n) is 23.8. The van der Waals surface area contributed by atoms with Gasteiger partial charge in [-0.25, -0.2) is 0 Å². The second-order valence-electron chi connectivity index (χ2n) is 12.4. The average molecular weight is 551 g/mol. The number of amides is 1. The van der Waals surface area contributed by atoms with Gasteiger partial charge in [0.1, 0.15) is 11.7 Å². The van der Waals surface area contributed by atoms with Gasteiger partial charge < -0.3 is 19.8 Å². The number of aliphatic hydroxyl groups is 1. The first-order valence-electron chi connectivity index (χ1n) is 14.9. The first kappa shape index (κ1) is 26.3. The number of likely N-dealkylation sites (N-methyl/N-ethyl adjacent to an activating group) is 1. The third kappa shape index (κ3) is 3.87. The Morgan fingerprint density at radius 2 is 1.95 bits per heavy atom. The lowest BCUT2D eigenvalue weighted by Gasteiger charge is -2.66. The molecule has 2 aliphatic heterocycles. The Morgan fingerprint density at radius 1 is 1.12 bits per heavy atom. The van der Waals surface area contributed by atoms with Crippen molar-refractivity contribution in [1.29, 1.82) is 0 Å². The largest absolute Gasteiger partial charge is 0.504 e. The molecule has 2 heterocycles. The second-order valence-corrected chi connectivity index (χ2v) is 12.4. The van der Waals surface area contributed by atoms with Gasteiger partial charge >= 0.3 is 0 Å². The van der Waals surface area contributed by atoms with Gasteiger partial charge in [-0.15, -0.1) is 0 Å². The maximum Gasteiger partial charge on any atom is 0.246 e. The smallest absolute Gasteiger partial charge is 0.246 e. The third-order valence-electron chi connectivity index (χ3n) is 10.4. The Balaban J connectivity index is 1.27. The van der Waals surface area contributed by atoms with E-state index in [9.17, 15) is 15.0 Å². The molecular formula is C35H38N2O4. The van der Waals surface area contributed by atoms with Gasteiger partial charge in [0.05, 0.1) is 11.5 Å². The number of carbonyl (C=O) groups excluding carboxylic acids is 1. The number of phenols is 1. The maximum absolute atomic E-state index is 13.7. The molecule has 41 heavy (non-hydrogen) atoms. The van der Waals surface area contributed by atoms with E-state index in [4.69, 9.17) is 4.74 Å². The highest BCUT2D eigenvalue weighted by molar-refractivity contribution is 5.92. The van der Waals surface area contributed by atoms with Gasteiger partial charge in [0.25, 0.3) is 0 Å². The number of phenolic OH excluding ortho intramolecular Hbond substituents is 1. The minimum absolute atomic E-state index is 0.116. The number of aromatic hydroxyl groups is 1. The highest BCUT2D eigenvalue weighted by Crippen LogP contribution is 2.65. The number of ether oxygens (including phenoxy) is 1. The highest BCUT2D eigenvalue weighted by atomic mass is 16.5. The number of piperidine rings is 1. The fourth-order valence-electron chi connectivity index (χ4n) is 8.52. The van der Waals surface area contributed by atoms with Gasteiger partial charge in [-0.3, -0.25) is 9.69 Å². The van der Waals surface area contributed by atoms with E-state index in [2.05, 4.69) is 35.2 Å². The van der Waals surface area contributed by atoms with Crippen molar-refractivity contribution in [2.24, 2.45) is 0 Å². The molecule has 6 nitrogen and oxygen atoms in total. The molecule has 0 aromatic heterocycles. The number of nitrogens with zero attached hydrogens (tertiary/aromatic N) is 2. The SMILES string of the molecule is Cc1cccc(C=CC(=O)N(C)[C@H]2CC[C@@H]3Oc4c(O)ccc5c4[C@@]34CCN(CCc3ccccc3)[C@H](C5)[C@]24O)c1. The van der Waals surface area contributed by atoms with Crippen LogP contribution >= 0.6 is 0 Å². The monoisotopic (exact) mass is 550 g/mol.